The highest BCUT2D eigenvalue weighted by Crippen LogP contribution is 2.27. The normalized spacial score (nSPS) is 11.5. The van der Waals surface area contributed by atoms with Crippen molar-refractivity contribution in [3.63, 3.8) is 0 Å². The second kappa shape index (κ2) is 5.61. The van der Waals surface area contributed by atoms with E-state index in [-0.39, 0.29) is 17.3 Å². The highest BCUT2D eigenvalue weighted by molar-refractivity contribution is 7.92. The topological polar surface area (TPSA) is 58.2 Å². The first-order valence-electron chi connectivity index (χ1n) is 4.65. The fourth-order valence-corrected chi connectivity index (χ4v) is 2.47. The molecule has 0 heterocycles. The Hall–Kier alpha value is -0.920. The maximum Gasteiger partial charge on any atom is 0.234 e. The van der Waals surface area contributed by atoms with Crippen LogP contribution in [0.15, 0.2) is 12.1 Å². The molecule has 17 heavy (non-hydrogen) atoms. The first kappa shape index (κ1) is 14.1. The van der Waals surface area contributed by atoms with E-state index in [4.69, 9.17) is 11.6 Å². The lowest BCUT2D eigenvalue weighted by molar-refractivity contribution is 0.582. The lowest BCUT2D eigenvalue weighted by Crippen LogP contribution is -2.25. The van der Waals surface area contributed by atoms with Crippen LogP contribution in [0.4, 0.5) is 14.5 Å². The lowest BCUT2D eigenvalue weighted by Gasteiger charge is -2.10. The maximum atomic E-state index is 13.3. The first-order valence-corrected chi connectivity index (χ1v) is 6.68. The van der Waals surface area contributed by atoms with Gasteiger partial charge in [-0.2, -0.15) is 0 Å². The number of anilines is 1. The molecule has 1 rings (SSSR count). The lowest BCUT2D eigenvalue weighted by atomic mass is 10.3. The molecule has 8 heteroatoms. The van der Waals surface area contributed by atoms with Crippen LogP contribution in [0.25, 0.3) is 0 Å². The van der Waals surface area contributed by atoms with Gasteiger partial charge in [0.15, 0.2) is 5.82 Å². The van der Waals surface area contributed by atoms with Crippen molar-refractivity contribution in [2.75, 3.05) is 24.1 Å². The number of sulfonamides is 1. The van der Waals surface area contributed by atoms with Gasteiger partial charge in [0.1, 0.15) is 11.5 Å². The van der Waals surface area contributed by atoms with Crippen molar-refractivity contribution in [2.24, 2.45) is 0 Å². The zero-order valence-corrected chi connectivity index (χ0v) is 10.5. The van der Waals surface area contributed by atoms with Gasteiger partial charge in [0, 0.05) is 12.6 Å². The smallest absolute Gasteiger partial charge is 0.234 e. The second-order valence-corrected chi connectivity index (χ2v) is 5.52. The van der Waals surface area contributed by atoms with Gasteiger partial charge in [-0.1, -0.05) is 11.6 Å². The van der Waals surface area contributed by atoms with Gasteiger partial charge in [0.05, 0.1) is 10.8 Å². The molecule has 0 aromatic heterocycles. The molecule has 0 radical (unpaired) electrons. The molecule has 0 aliphatic carbocycles. The highest BCUT2D eigenvalue weighted by Gasteiger charge is 2.16. The largest absolute Gasteiger partial charge is 0.319 e. The Bertz CT molecular complexity index is 485. The Morgan fingerprint density at radius 2 is 2.00 bits per heavy atom. The van der Waals surface area contributed by atoms with Crippen molar-refractivity contribution in [1.29, 1.82) is 0 Å². The van der Waals surface area contributed by atoms with Gasteiger partial charge in [0.25, 0.3) is 0 Å². The Balaban J connectivity index is 2.96. The molecule has 0 spiro atoms. The standard InChI is InChI=1S/C9H11ClF2N2O2S/c1-13-2-3-17(15,16)14-9-7(10)4-6(11)5-8(9)12/h4-5,13-14H,2-3H2,1H3. The van der Waals surface area contributed by atoms with E-state index in [0.717, 1.165) is 6.07 Å². The maximum absolute atomic E-state index is 13.3. The van der Waals surface area contributed by atoms with Crippen LogP contribution in [0.5, 0.6) is 0 Å². The minimum absolute atomic E-state index is 0.204. The molecule has 96 valence electrons. The number of hydrogen-bond acceptors (Lipinski definition) is 3. The van der Waals surface area contributed by atoms with Gasteiger partial charge in [-0.3, -0.25) is 4.72 Å². The molecule has 0 unspecified atom stereocenters. The molecule has 0 aliphatic heterocycles. The predicted octanol–water partition coefficient (Wildman–Crippen LogP) is 1.58. The van der Waals surface area contributed by atoms with Crippen LogP contribution >= 0.6 is 11.6 Å². The van der Waals surface area contributed by atoms with E-state index in [1.165, 1.54) is 0 Å². The summed E-state index contributed by atoms with van der Waals surface area (Å²) in [5.41, 5.74) is -0.441. The number of nitrogens with one attached hydrogen (secondary N) is 2. The van der Waals surface area contributed by atoms with Crippen LogP contribution in [0.3, 0.4) is 0 Å². The molecule has 0 saturated carbocycles. The van der Waals surface area contributed by atoms with Crippen molar-refractivity contribution in [2.45, 2.75) is 0 Å². The summed E-state index contributed by atoms with van der Waals surface area (Å²) in [5, 5.41) is 2.32. The van der Waals surface area contributed by atoms with Crippen molar-refractivity contribution in [1.82, 2.24) is 5.32 Å². The Kier molecular flexibility index (Phi) is 4.67. The summed E-state index contributed by atoms with van der Waals surface area (Å²) in [6.45, 7) is 0.204. The zero-order chi connectivity index (χ0) is 13.1. The molecule has 1 aromatic rings. The van der Waals surface area contributed by atoms with E-state index in [0.29, 0.717) is 6.07 Å². The van der Waals surface area contributed by atoms with Crippen LogP contribution < -0.4 is 10.0 Å². The summed E-state index contributed by atoms with van der Waals surface area (Å²) in [7, 11) is -2.13. The molecule has 0 amide bonds. The molecule has 2 N–H and O–H groups in total. The predicted molar refractivity (Wildman–Crippen MR) is 62.7 cm³/mol. The summed E-state index contributed by atoms with van der Waals surface area (Å²) in [6, 6.07) is 1.39. The highest BCUT2D eigenvalue weighted by atomic mass is 35.5. The van der Waals surface area contributed by atoms with Crippen LogP contribution in [0.2, 0.25) is 5.02 Å². The average Bonchev–Trinajstić information content (AvgIpc) is 2.21. The molecule has 1 aromatic carbocycles. The third-order valence-corrected chi connectivity index (χ3v) is 3.44. The SMILES string of the molecule is CNCCS(=O)(=O)Nc1c(F)cc(F)cc1Cl. The molecule has 4 nitrogen and oxygen atoms in total. The Morgan fingerprint density at radius 3 is 2.53 bits per heavy atom. The van der Waals surface area contributed by atoms with Crippen molar-refractivity contribution >= 4 is 27.3 Å². The monoisotopic (exact) mass is 284 g/mol. The Labute approximate surface area is 103 Å². The summed E-state index contributed by atoms with van der Waals surface area (Å²) < 4.78 is 51.0. The third kappa shape index (κ3) is 4.10. The number of halogens is 3. The summed E-state index contributed by atoms with van der Waals surface area (Å²) >= 11 is 5.55. The first-order chi connectivity index (χ1) is 7.85. The van der Waals surface area contributed by atoms with E-state index >= 15 is 0 Å². The minimum Gasteiger partial charge on any atom is -0.319 e. The van der Waals surface area contributed by atoms with Gasteiger partial charge in [-0.15, -0.1) is 0 Å². The molecule has 0 saturated heterocycles. The fraction of sp³-hybridized carbons (Fsp3) is 0.333. The van der Waals surface area contributed by atoms with Crippen molar-refractivity contribution < 1.29 is 17.2 Å². The molecule has 0 fully saturated rings. The van der Waals surface area contributed by atoms with Gasteiger partial charge < -0.3 is 5.32 Å². The van der Waals surface area contributed by atoms with E-state index < -0.39 is 27.3 Å². The molecular formula is C9H11ClF2N2O2S. The fourth-order valence-electron chi connectivity index (χ4n) is 1.08. The van der Waals surface area contributed by atoms with E-state index in [9.17, 15) is 17.2 Å². The van der Waals surface area contributed by atoms with Crippen LogP contribution in [0, 0.1) is 11.6 Å². The van der Waals surface area contributed by atoms with E-state index in [1.54, 1.807) is 7.05 Å². The summed E-state index contributed by atoms with van der Waals surface area (Å²) in [5.74, 6) is -2.16. The number of hydrogen-bond donors (Lipinski definition) is 2. The van der Waals surface area contributed by atoms with Gasteiger partial charge in [0.2, 0.25) is 10.0 Å². The van der Waals surface area contributed by atoms with Gasteiger partial charge in [-0.05, 0) is 13.1 Å². The second-order valence-electron chi connectivity index (χ2n) is 3.27. The van der Waals surface area contributed by atoms with Crippen LogP contribution in [-0.2, 0) is 10.0 Å². The average molecular weight is 285 g/mol. The van der Waals surface area contributed by atoms with Crippen LogP contribution in [0.1, 0.15) is 0 Å². The molecule has 0 atom stereocenters. The zero-order valence-electron chi connectivity index (χ0n) is 8.93. The van der Waals surface area contributed by atoms with Gasteiger partial charge >= 0.3 is 0 Å². The number of rotatable bonds is 5. The van der Waals surface area contributed by atoms with Crippen LogP contribution in [-0.4, -0.2) is 27.8 Å². The van der Waals surface area contributed by atoms with E-state index in [2.05, 4.69) is 5.32 Å². The molecule has 0 bridgehead atoms. The molecule has 0 aliphatic rings. The van der Waals surface area contributed by atoms with Crippen molar-refractivity contribution in [3.8, 4) is 0 Å². The Morgan fingerprint density at radius 1 is 1.35 bits per heavy atom. The third-order valence-electron chi connectivity index (χ3n) is 1.89. The van der Waals surface area contributed by atoms with Gasteiger partial charge in [-0.25, -0.2) is 17.2 Å². The molecular weight excluding hydrogens is 274 g/mol. The van der Waals surface area contributed by atoms with E-state index in [1.807, 2.05) is 4.72 Å². The number of benzene rings is 1. The summed E-state index contributed by atoms with van der Waals surface area (Å²) in [4.78, 5) is 0. The quantitative estimate of drug-likeness (QED) is 0.863. The van der Waals surface area contributed by atoms with Crippen molar-refractivity contribution in [3.05, 3.63) is 28.8 Å². The minimum atomic E-state index is -3.71. The summed E-state index contributed by atoms with van der Waals surface area (Å²) in [6.07, 6.45) is 0.